The molecular formula is C18H28O8. The van der Waals surface area contributed by atoms with Crippen LogP contribution in [0.4, 0.5) is 0 Å². The molecule has 0 aliphatic rings. The highest BCUT2D eigenvalue weighted by Gasteiger charge is 2.30. The van der Waals surface area contributed by atoms with Gasteiger partial charge in [0.05, 0.1) is 18.8 Å². The van der Waals surface area contributed by atoms with Crippen molar-refractivity contribution in [3.8, 4) is 5.75 Å². The van der Waals surface area contributed by atoms with Crippen molar-refractivity contribution in [1.29, 1.82) is 0 Å². The molecule has 26 heavy (non-hydrogen) atoms. The van der Waals surface area contributed by atoms with Crippen molar-refractivity contribution in [2.75, 3.05) is 19.8 Å². The van der Waals surface area contributed by atoms with E-state index in [1.54, 1.807) is 12.1 Å². The number of hydrogen-bond donors (Lipinski definition) is 5. The Balaban J connectivity index is 2.47. The summed E-state index contributed by atoms with van der Waals surface area (Å²) in [7, 11) is 0. The first-order valence-corrected chi connectivity index (χ1v) is 8.49. The number of carbonyl (C=O) groups is 1. The van der Waals surface area contributed by atoms with E-state index in [9.17, 15) is 25.2 Å². The highest BCUT2D eigenvalue weighted by molar-refractivity contribution is 5.89. The van der Waals surface area contributed by atoms with E-state index in [2.05, 4.69) is 13.8 Å². The Hall–Kier alpha value is -1.71. The van der Waals surface area contributed by atoms with Gasteiger partial charge in [0.1, 0.15) is 36.8 Å². The molecule has 1 aromatic carbocycles. The second kappa shape index (κ2) is 11.1. The largest absolute Gasteiger partial charge is 0.494 e. The number of esters is 1. The molecule has 0 aromatic heterocycles. The van der Waals surface area contributed by atoms with E-state index in [0.29, 0.717) is 18.3 Å². The zero-order valence-corrected chi connectivity index (χ0v) is 15.0. The van der Waals surface area contributed by atoms with Gasteiger partial charge in [-0.3, -0.25) is 0 Å². The monoisotopic (exact) mass is 372 g/mol. The van der Waals surface area contributed by atoms with E-state index < -0.39 is 43.6 Å². The second-order valence-corrected chi connectivity index (χ2v) is 6.45. The van der Waals surface area contributed by atoms with Gasteiger partial charge in [0, 0.05) is 0 Å². The quantitative estimate of drug-likeness (QED) is 0.334. The number of benzene rings is 1. The number of carbonyl (C=O) groups excluding carboxylic acids is 1. The Morgan fingerprint density at radius 3 is 2.12 bits per heavy atom. The highest BCUT2D eigenvalue weighted by Crippen LogP contribution is 2.14. The Labute approximate surface area is 152 Å². The molecule has 148 valence electrons. The van der Waals surface area contributed by atoms with Crippen molar-refractivity contribution in [2.45, 2.75) is 44.7 Å². The molecule has 4 atom stereocenters. The van der Waals surface area contributed by atoms with Crippen LogP contribution in [0.25, 0.3) is 0 Å². The maximum atomic E-state index is 11.9. The average Bonchev–Trinajstić information content (AvgIpc) is 2.64. The molecule has 1 rings (SSSR count). The number of hydrogen-bond acceptors (Lipinski definition) is 8. The van der Waals surface area contributed by atoms with Crippen LogP contribution in [0, 0.1) is 5.92 Å². The molecule has 0 saturated carbocycles. The molecule has 8 heteroatoms. The summed E-state index contributed by atoms with van der Waals surface area (Å²) in [4.78, 5) is 11.9. The highest BCUT2D eigenvalue weighted by atomic mass is 16.5. The van der Waals surface area contributed by atoms with Crippen LogP contribution in [0.5, 0.6) is 5.75 Å². The van der Waals surface area contributed by atoms with Gasteiger partial charge < -0.3 is 35.0 Å². The van der Waals surface area contributed by atoms with Gasteiger partial charge in [-0.05, 0) is 36.6 Å². The zero-order valence-electron chi connectivity index (χ0n) is 15.0. The van der Waals surface area contributed by atoms with Gasteiger partial charge in [-0.25, -0.2) is 4.79 Å². The minimum absolute atomic E-state index is 0.235. The molecule has 0 spiro atoms. The minimum atomic E-state index is -1.78. The molecule has 0 saturated heterocycles. The normalized spacial score (nSPS) is 16.0. The van der Waals surface area contributed by atoms with Gasteiger partial charge in [-0.2, -0.15) is 0 Å². The summed E-state index contributed by atoms with van der Waals surface area (Å²) < 4.78 is 10.4. The van der Waals surface area contributed by atoms with Crippen LogP contribution >= 0.6 is 0 Å². The van der Waals surface area contributed by atoms with Crippen LogP contribution in [0.15, 0.2) is 24.3 Å². The lowest BCUT2D eigenvalue weighted by atomic mass is 10.0. The minimum Gasteiger partial charge on any atom is -0.494 e. The van der Waals surface area contributed by atoms with Crippen LogP contribution in [-0.4, -0.2) is 75.7 Å². The first kappa shape index (κ1) is 22.3. The summed E-state index contributed by atoms with van der Waals surface area (Å²) in [5.74, 6) is 0.434. The SMILES string of the molecule is CC(C)CCOc1ccc(C(=O)OC[C@@H](O)[C@@H](O)[C@H](O)[C@@H](O)CO)cc1. The van der Waals surface area contributed by atoms with Crippen LogP contribution in [0.3, 0.4) is 0 Å². The topological polar surface area (TPSA) is 137 Å². The summed E-state index contributed by atoms with van der Waals surface area (Å²) in [5.41, 5.74) is 0.235. The summed E-state index contributed by atoms with van der Waals surface area (Å²) in [6, 6.07) is 6.29. The lowest BCUT2D eigenvalue weighted by Crippen LogP contribution is -2.47. The Morgan fingerprint density at radius 1 is 1.00 bits per heavy atom. The van der Waals surface area contributed by atoms with E-state index in [-0.39, 0.29) is 5.56 Å². The zero-order chi connectivity index (χ0) is 19.7. The van der Waals surface area contributed by atoms with Gasteiger partial charge in [0.2, 0.25) is 0 Å². The lowest BCUT2D eigenvalue weighted by molar-refractivity contribution is -0.124. The predicted molar refractivity (Wildman–Crippen MR) is 92.8 cm³/mol. The fourth-order valence-electron chi connectivity index (χ4n) is 2.01. The Morgan fingerprint density at radius 2 is 1.58 bits per heavy atom. The first-order valence-electron chi connectivity index (χ1n) is 8.49. The van der Waals surface area contributed by atoms with Crippen molar-refractivity contribution in [1.82, 2.24) is 0 Å². The average molecular weight is 372 g/mol. The molecular weight excluding hydrogens is 344 g/mol. The molecule has 0 bridgehead atoms. The third-order valence-electron chi connectivity index (χ3n) is 3.76. The predicted octanol–water partition coefficient (Wildman–Crippen LogP) is -0.296. The van der Waals surface area contributed by atoms with Crippen molar-refractivity contribution < 1.29 is 39.8 Å². The van der Waals surface area contributed by atoms with Crippen molar-refractivity contribution in [3.05, 3.63) is 29.8 Å². The van der Waals surface area contributed by atoms with E-state index in [1.807, 2.05) is 0 Å². The van der Waals surface area contributed by atoms with Gasteiger partial charge >= 0.3 is 5.97 Å². The molecule has 1 aromatic rings. The summed E-state index contributed by atoms with van der Waals surface area (Å²) >= 11 is 0. The molecule has 0 amide bonds. The maximum absolute atomic E-state index is 11.9. The molecule has 0 fully saturated rings. The molecule has 0 radical (unpaired) electrons. The molecule has 0 unspecified atom stereocenters. The molecule has 8 nitrogen and oxygen atoms in total. The lowest BCUT2D eigenvalue weighted by Gasteiger charge is -2.25. The standard InChI is InChI=1S/C18H28O8/c1-11(2)7-8-25-13-5-3-12(4-6-13)18(24)26-10-15(21)17(23)16(22)14(20)9-19/h3-6,11,14-17,19-23H,7-10H2,1-2H3/t14-,15+,16+,17+/m0/s1. The molecule has 0 aliphatic heterocycles. The van der Waals surface area contributed by atoms with Crippen LogP contribution in [0.1, 0.15) is 30.6 Å². The van der Waals surface area contributed by atoms with E-state index in [1.165, 1.54) is 12.1 Å². The van der Waals surface area contributed by atoms with E-state index in [0.717, 1.165) is 6.42 Å². The fraction of sp³-hybridized carbons (Fsp3) is 0.611. The van der Waals surface area contributed by atoms with Gasteiger partial charge in [0.25, 0.3) is 0 Å². The van der Waals surface area contributed by atoms with Gasteiger partial charge in [0.15, 0.2) is 0 Å². The molecule has 5 N–H and O–H groups in total. The van der Waals surface area contributed by atoms with Crippen LogP contribution in [0.2, 0.25) is 0 Å². The number of aliphatic hydroxyl groups excluding tert-OH is 5. The Kier molecular flexibility index (Phi) is 9.53. The summed E-state index contributed by atoms with van der Waals surface area (Å²) in [5, 5.41) is 46.8. The fourth-order valence-corrected chi connectivity index (χ4v) is 2.01. The maximum Gasteiger partial charge on any atom is 0.338 e. The Bertz CT molecular complexity index is 530. The summed E-state index contributed by atoms with van der Waals surface area (Å²) in [6.07, 6.45) is -5.86. The third kappa shape index (κ3) is 7.27. The van der Waals surface area contributed by atoms with Gasteiger partial charge in [-0.15, -0.1) is 0 Å². The number of ether oxygens (including phenoxy) is 2. The van der Waals surface area contributed by atoms with E-state index in [4.69, 9.17) is 14.6 Å². The molecule has 0 aliphatic carbocycles. The van der Waals surface area contributed by atoms with Crippen molar-refractivity contribution in [3.63, 3.8) is 0 Å². The van der Waals surface area contributed by atoms with Crippen molar-refractivity contribution >= 4 is 5.97 Å². The van der Waals surface area contributed by atoms with Gasteiger partial charge in [-0.1, -0.05) is 13.8 Å². The first-order chi connectivity index (χ1) is 12.3. The second-order valence-electron chi connectivity index (χ2n) is 6.45. The van der Waals surface area contributed by atoms with Crippen molar-refractivity contribution in [2.24, 2.45) is 5.92 Å². The van der Waals surface area contributed by atoms with Crippen LogP contribution in [-0.2, 0) is 4.74 Å². The summed E-state index contributed by atoms with van der Waals surface area (Å²) in [6.45, 7) is 3.40. The number of aliphatic hydroxyl groups is 5. The van der Waals surface area contributed by atoms with E-state index >= 15 is 0 Å². The van der Waals surface area contributed by atoms with Crippen LogP contribution < -0.4 is 4.74 Å². The third-order valence-corrected chi connectivity index (χ3v) is 3.76. The molecule has 0 heterocycles. The smallest absolute Gasteiger partial charge is 0.338 e. The number of rotatable bonds is 11.